The van der Waals surface area contributed by atoms with E-state index in [0.29, 0.717) is 0 Å². The minimum Gasteiger partial charge on any atom is -0.444 e. The number of carbonyl (C=O) groups excluding carboxylic acids is 2. The summed E-state index contributed by atoms with van der Waals surface area (Å²) in [5, 5.41) is 3.61. The Morgan fingerprint density at radius 1 is 1.23 bits per heavy atom. The van der Waals surface area contributed by atoms with Gasteiger partial charge in [-0.1, -0.05) is 18.2 Å². The van der Waals surface area contributed by atoms with Crippen molar-refractivity contribution in [3.8, 4) is 0 Å². The monoisotopic (exact) mass is 302 g/mol. The molecule has 1 N–H and O–H groups in total. The van der Waals surface area contributed by atoms with Crippen molar-refractivity contribution in [2.75, 3.05) is 0 Å². The Balaban J connectivity index is 2.41. The van der Waals surface area contributed by atoms with Crippen molar-refractivity contribution >= 4 is 23.3 Å². The molecule has 2 rings (SSSR count). The number of benzene rings is 1. The lowest BCUT2D eigenvalue weighted by atomic mass is 9.93. The Labute approximate surface area is 130 Å². The van der Waals surface area contributed by atoms with Gasteiger partial charge >= 0.3 is 6.09 Å². The molecule has 0 aliphatic rings. The van der Waals surface area contributed by atoms with E-state index < -0.39 is 17.2 Å². The van der Waals surface area contributed by atoms with Crippen LogP contribution in [0.5, 0.6) is 0 Å². The van der Waals surface area contributed by atoms with Gasteiger partial charge in [0, 0.05) is 29.7 Å². The molecule has 2 aromatic rings. The summed E-state index contributed by atoms with van der Waals surface area (Å²) in [5.74, 6) is 0. The van der Waals surface area contributed by atoms with Crippen molar-refractivity contribution in [2.24, 2.45) is 7.05 Å². The number of nitrogens with one attached hydrogen (secondary N) is 1. The van der Waals surface area contributed by atoms with Gasteiger partial charge < -0.3 is 19.4 Å². The van der Waals surface area contributed by atoms with Gasteiger partial charge in [-0.15, -0.1) is 0 Å². The number of aryl methyl sites for hydroxylation is 1. The topological polar surface area (TPSA) is 60.3 Å². The summed E-state index contributed by atoms with van der Waals surface area (Å²) in [6.07, 6.45) is 1.98. The number of rotatable bonds is 3. The second kappa shape index (κ2) is 5.48. The summed E-state index contributed by atoms with van der Waals surface area (Å²) in [7, 11) is 1.91. The molecule has 0 aliphatic heterocycles. The fraction of sp³-hybridized carbons (Fsp3) is 0.412. The van der Waals surface area contributed by atoms with E-state index in [-0.39, 0.29) is 0 Å². The first-order chi connectivity index (χ1) is 10.2. The molecule has 0 saturated carbocycles. The van der Waals surface area contributed by atoms with Crippen LogP contribution in [-0.4, -0.2) is 22.5 Å². The Morgan fingerprint density at radius 3 is 2.45 bits per heavy atom. The first-order valence-corrected chi connectivity index (χ1v) is 7.18. The number of hydrogen-bond acceptors (Lipinski definition) is 3. The third-order valence-electron chi connectivity index (χ3n) is 3.45. The average Bonchev–Trinajstić information content (AvgIpc) is 2.75. The Morgan fingerprint density at radius 2 is 1.86 bits per heavy atom. The van der Waals surface area contributed by atoms with Crippen molar-refractivity contribution in [3.63, 3.8) is 0 Å². The highest BCUT2D eigenvalue weighted by molar-refractivity contribution is 5.90. The van der Waals surface area contributed by atoms with Crippen LogP contribution < -0.4 is 5.32 Å². The van der Waals surface area contributed by atoms with Gasteiger partial charge in [0.15, 0.2) is 0 Å². The summed E-state index contributed by atoms with van der Waals surface area (Å²) in [4.78, 5) is 23.8. The van der Waals surface area contributed by atoms with Crippen LogP contribution in [0.1, 0.15) is 33.3 Å². The lowest BCUT2D eigenvalue weighted by Gasteiger charge is -2.27. The minimum atomic E-state index is -1.15. The second-order valence-corrected chi connectivity index (χ2v) is 6.62. The van der Waals surface area contributed by atoms with E-state index in [1.807, 2.05) is 42.1 Å². The molecule has 1 amide bonds. The largest absolute Gasteiger partial charge is 0.444 e. The van der Waals surface area contributed by atoms with Crippen LogP contribution >= 0.6 is 0 Å². The fourth-order valence-corrected chi connectivity index (χ4v) is 2.43. The van der Waals surface area contributed by atoms with E-state index in [9.17, 15) is 9.59 Å². The van der Waals surface area contributed by atoms with E-state index in [1.165, 1.54) is 0 Å². The van der Waals surface area contributed by atoms with Crippen molar-refractivity contribution in [3.05, 3.63) is 36.0 Å². The molecule has 5 heteroatoms. The van der Waals surface area contributed by atoms with Crippen molar-refractivity contribution in [1.82, 2.24) is 9.88 Å². The van der Waals surface area contributed by atoms with Crippen LogP contribution in [0.3, 0.4) is 0 Å². The van der Waals surface area contributed by atoms with Crippen LogP contribution in [0.2, 0.25) is 0 Å². The molecule has 1 heterocycles. The van der Waals surface area contributed by atoms with E-state index in [0.717, 1.165) is 22.8 Å². The predicted octanol–water partition coefficient (Wildman–Crippen LogP) is 3.12. The zero-order valence-corrected chi connectivity index (χ0v) is 13.6. The van der Waals surface area contributed by atoms with Crippen LogP contribution in [0.4, 0.5) is 4.79 Å². The van der Waals surface area contributed by atoms with E-state index in [2.05, 4.69) is 5.32 Å². The van der Waals surface area contributed by atoms with E-state index in [1.54, 1.807) is 27.7 Å². The molecule has 0 saturated heterocycles. The van der Waals surface area contributed by atoms with Crippen LogP contribution in [0.25, 0.3) is 10.9 Å². The van der Waals surface area contributed by atoms with Crippen LogP contribution in [0, 0.1) is 0 Å². The number of fused-ring (bicyclic) bond motifs is 1. The SMILES string of the molecule is Cn1cc(C(C)(C=O)NC(=O)OC(C)(C)C)c2ccccc21. The molecule has 1 unspecified atom stereocenters. The molecular formula is C17H22N2O3. The summed E-state index contributed by atoms with van der Waals surface area (Å²) in [6.45, 7) is 7.01. The molecule has 118 valence electrons. The van der Waals surface area contributed by atoms with Gasteiger partial charge in [-0.3, -0.25) is 0 Å². The number of carbonyl (C=O) groups is 2. The fourth-order valence-electron chi connectivity index (χ4n) is 2.43. The van der Waals surface area contributed by atoms with Gasteiger partial charge in [-0.25, -0.2) is 4.79 Å². The minimum absolute atomic E-state index is 0.616. The molecule has 0 fully saturated rings. The highest BCUT2D eigenvalue weighted by Gasteiger charge is 2.33. The molecule has 22 heavy (non-hydrogen) atoms. The van der Waals surface area contributed by atoms with Gasteiger partial charge in [0.05, 0.1) is 0 Å². The number of nitrogens with zero attached hydrogens (tertiary/aromatic N) is 1. The van der Waals surface area contributed by atoms with Gasteiger partial charge in [0.2, 0.25) is 0 Å². The summed E-state index contributed by atoms with van der Waals surface area (Å²) in [5.41, 5.74) is -0.0291. The Hall–Kier alpha value is -2.30. The van der Waals surface area contributed by atoms with Crippen LogP contribution in [-0.2, 0) is 22.1 Å². The first-order valence-electron chi connectivity index (χ1n) is 7.18. The maximum Gasteiger partial charge on any atom is 0.408 e. The standard InChI is InChI=1S/C17H22N2O3/c1-16(2,3)22-15(21)18-17(4,11-20)13-10-19(5)14-9-7-6-8-12(13)14/h6-11H,1-5H3,(H,18,21). The molecule has 1 aromatic heterocycles. The first kappa shape index (κ1) is 16.1. The van der Waals surface area contributed by atoms with Crippen molar-refractivity contribution in [1.29, 1.82) is 0 Å². The third-order valence-corrected chi connectivity index (χ3v) is 3.45. The number of alkyl carbamates (subject to hydrolysis) is 1. The summed E-state index contributed by atoms with van der Waals surface area (Å²) >= 11 is 0. The Kier molecular flexibility index (Phi) is 4.00. The molecule has 0 aliphatic carbocycles. The van der Waals surface area contributed by atoms with Gasteiger partial charge in [-0.2, -0.15) is 0 Å². The lowest BCUT2D eigenvalue weighted by Crippen LogP contribution is -2.46. The maximum atomic E-state index is 12.1. The number of hydrogen-bond donors (Lipinski definition) is 1. The zero-order valence-electron chi connectivity index (χ0n) is 13.6. The molecule has 1 atom stereocenters. The van der Waals surface area contributed by atoms with Gasteiger partial charge in [0.25, 0.3) is 0 Å². The summed E-state index contributed by atoms with van der Waals surface area (Å²) < 4.78 is 7.19. The quantitative estimate of drug-likeness (QED) is 0.886. The second-order valence-electron chi connectivity index (χ2n) is 6.62. The number of aldehydes is 1. The molecule has 0 bridgehead atoms. The number of aromatic nitrogens is 1. The van der Waals surface area contributed by atoms with E-state index >= 15 is 0 Å². The smallest absolute Gasteiger partial charge is 0.408 e. The van der Waals surface area contributed by atoms with Crippen molar-refractivity contribution < 1.29 is 14.3 Å². The van der Waals surface area contributed by atoms with Gasteiger partial charge in [-0.05, 0) is 33.8 Å². The molecular weight excluding hydrogens is 280 g/mol. The maximum absolute atomic E-state index is 12.1. The number of amides is 1. The van der Waals surface area contributed by atoms with Gasteiger partial charge in [0.1, 0.15) is 17.4 Å². The van der Waals surface area contributed by atoms with Crippen molar-refractivity contribution in [2.45, 2.75) is 38.8 Å². The lowest BCUT2D eigenvalue weighted by molar-refractivity contribution is -0.113. The zero-order chi connectivity index (χ0) is 16.5. The average molecular weight is 302 g/mol. The van der Waals surface area contributed by atoms with E-state index in [4.69, 9.17) is 4.74 Å². The normalized spacial score (nSPS) is 14.4. The Bertz CT molecular complexity index is 712. The number of ether oxygens (including phenoxy) is 1. The highest BCUT2D eigenvalue weighted by Crippen LogP contribution is 2.29. The van der Waals surface area contributed by atoms with Crippen LogP contribution in [0.15, 0.2) is 30.5 Å². The molecule has 1 aromatic carbocycles. The predicted molar refractivity (Wildman–Crippen MR) is 85.7 cm³/mol. The third kappa shape index (κ3) is 3.13. The molecule has 0 spiro atoms. The number of para-hydroxylation sites is 1. The molecule has 0 radical (unpaired) electrons. The highest BCUT2D eigenvalue weighted by atomic mass is 16.6. The molecule has 5 nitrogen and oxygen atoms in total. The summed E-state index contributed by atoms with van der Waals surface area (Å²) in [6, 6.07) is 7.75.